The van der Waals surface area contributed by atoms with Crippen molar-refractivity contribution in [3.8, 4) is 11.5 Å². The van der Waals surface area contributed by atoms with E-state index < -0.39 is 0 Å². The van der Waals surface area contributed by atoms with Gasteiger partial charge in [-0.1, -0.05) is 59.9 Å². The van der Waals surface area contributed by atoms with Crippen LogP contribution in [0.4, 0.5) is 0 Å². The van der Waals surface area contributed by atoms with Crippen molar-refractivity contribution in [1.29, 1.82) is 0 Å². The van der Waals surface area contributed by atoms with Crippen LogP contribution < -0.4 is 9.47 Å². The number of hydrogen-bond acceptors (Lipinski definition) is 5. The topological polar surface area (TPSA) is 38.8 Å². The standard InChI is InChI=1S/C21H21NO3S2/c1-4-22-20(23)19(27-21(22)26)12-15-8-9-17(18(11-15)24-3)25-13-16-7-5-6-14(2)10-16/h5-12H,4,13H2,1-3H3. The third-order valence-electron chi connectivity index (χ3n) is 4.15. The predicted molar refractivity (Wildman–Crippen MR) is 114 cm³/mol. The maximum absolute atomic E-state index is 12.4. The van der Waals surface area contributed by atoms with Crippen molar-refractivity contribution < 1.29 is 14.3 Å². The summed E-state index contributed by atoms with van der Waals surface area (Å²) in [6.07, 6.45) is 1.84. The number of thiocarbonyl (C=S) groups is 1. The van der Waals surface area contributed by atoms with E-state index in [4.69, 9.17) is 21.7 Å². The molecular formula is C21H21NO3S2. The van der Waals surface area contributed by atoms with E-state index in [1.165, 1.54) is 17.3 Å². The molecule has 0 spiro atoms. The number of hydrogen-bond donors (Lipinski definition) is 0. The zero-order valence-electron chi connectivity index (χ0n) is 15.5. The van der Waals surface area contributed by atoms with Gasteiger partial charge in [0.1, 0.15) is 10.9 Å². The summed E-state index contributed by atoms with van der Waals surface area (Å²) in [6.45, 7) is 5.01. The van der Waals surface area contributed by atoms with E-state index in [0.29, 0.717) is 33.9 Å². The average Bonchev–Trinajstić information content (AvgIpc) is 2.93. The van der Waals surface area contributed by atoms with E-state index in [0.717, 1.165) is 11.1 Å². The van der Waals surface area contributed by atoms with Gasteiger partial charge in [-0.15, -0.1) is 0 Å². The van der Waals surface area contributed by atoms with Crippen molar-refractivity contribution in [2.24, 2.45) is 0 Å². The Bertz CT molecular complexity index is 908. The second-order valence-electron chi connectivity index (χ2n) is 6.11. The summed E-state index contributed by atoms with van der Waals surface area (Å²) in [7, 11) is 1.61. The van der Waals surface area contributed by atoms with Crippen molar-refractivity contribution in [2.45, 2.75) is 20.5 Å². The quantitative estimate of drug-likeness (QED) is 0.515. The molecule has 1 saturated heterocycles. The fourth-order valence-electron chi connectivity index (χ4n) is 2.78. The Morgan fingerprint density at radius 1 is 1.19 bits per heavy atom. The molecule has 2 aromatic rings. The van der Waals surface area contributed by atoms with E-state index in [2.05, 4.69) is 19.1 Å². The van der Waals surface area contributed by atoms with Crippen LogP contribution in [0.2, 0.25) is 0 Å². The van der Waals surface area contributed by atoms with Gasteiger partial charge in [0.05, 0.1) is 12.0 Å². The Kier molecular flexibility index (Phi) is 6.19. The minimum atomic E-state index is -0.0498. The summed E-state index contributed by atoms with van der Waals surface area (Å²) in [5.74, 6) is 1.24. The molecule has 0 bridgehead atoms. The lowest BCUT2D eigenvalue weighted by atomic mass is 10.1. The number of ether oxygens (including phenoxy) is 2. The fraction of sp³-hybridized carbons (Fsp3) is 0.238. The van der Waals surface area contributed by atoms with Gasteiger partial charge in [0.25, 0.3) is 5.91 Å². The Labute approximate surface area is 169 Å². The molecule has 0 saturated carbocycles. The first-order valence-electron chi connectivity index (χ1n) is 8.63. The first-order valence-corrected chi connectivity index (χ1v) is 9.86. The van der Waals surface area contributed by atoms with E-state index >= 15 is 0 Å². The smallest absolute Gasteiger partial charge is 0.266 e. The van der Waals surface area contributed by atoms with Gasteiger partial charge < -0.3 is 9.47 Å². The number of methoxy groups -OCH3 is 1. The van der Waals surface area contributed by atoms with Gasteiger partial charge >= 0.3 is 0 Å². The van der Waals surface area contributed by atoms with Gasteiger partial charge in [0.15, 0.2) is 11.5 Å². The van der Waals surface area contributed by atoms with Crippen molar-refractivity contribution >= 4 is 40.3 Å². The number of carbonyl (C=O) groups excluding carboxylic acids is 1. The van der Waals surface area contributed by atoms with Crippen LogP contribution in [0.5, 0.6) is 11.5 Å². The average molecular weight is 400 g/mol. The molecule has 1 heterocycles. The molecule has 1 aliphatic rings. The monoisotopic (exact) mass is 399 g/mol. The largest absolute Gasteiger partial charge is 0.493 e. The Balaban J connectivity index is 1.77. The van der Waals surface area contributed by atoms with Crippen molar-refractivity contribution in [2.75, 3.05) is 13.7 Å². The number of carbonyl (C=O) groups is 1. The lowest BCUT2D eigenvalue weighted by Crippen LogP contribution is -2.27. The van der Waals surface area contributed by atoms with Crippen LogP contribution in [-0.4, -0.2) is 28.8 Å². The number of nitrogens with zero attached hydrogens (tertiary/aromatic N) is 1. The summed E-state index contributed by atoms with van der Waals surface area (Å²) in [5, 5.41) is 0. The molecule has 27 heavy (non-hydrogen) atoms. The lowest BCUT2D eigenvalue weighted by molar-refractivity contribution is -0.121. The van der Waals surface area contributed by atoms with Gasteiger partial charge in [-0.05, 0) is 43.2 Å². The van der Waals surface area contributed by atoms with E-state index in [9.17, 15) is 4.79 Å². The fourth-order valence-corrected chi connectivity index (χ4v) is 4.16. The number of aryl methyl sites for hydroxylation is 1. The molecule has 1 fully saturated rings. The Hall–Kier alpha value is -2.31. The van der Waals surface area contributed by atoms with Crippen LogP contribution in [0.3, 0.4) is 0 Å². The van der Waals surface area contributed by atoms with Crippen molar-refractivity contribution in [3.05, 3.63) is 64.1 Å². The zero-order chi connectivity index (χ0) is 19.4. The van der Waals surface area contributed by atoms with Crippen LogP contribution in [0.25, 0.3) is 6.08 Å². The molecule has 0 radical (unpaired) electrons. The second-order valence-corrected chi connectivity index (χ2v) is 7.79. The number of thioether (sulfide) groups is 1. The number of likely N-dealkylation sites (N-methyl/N-ethyl adjacent to an activating group) is 1. The second kappa shape index (κ2) is 8.59. The summed E-state index contributed by atoms with van der Waals surface area (Å²) >= 11 is 6.58. The molecule has 140 valence electrons. The first-order chi connectivity index (χ1) is 13.0. The number of benzene rings is 2. The van der Waals surface area contributed by atoms with Gasteiger partial charge in [-0.3, -0.25) is 9.69 Å². The minimum Gasteiger partial charge on any atom is -0.493 e. The SMILES string of the molecule is CCN1C(=O)C(=Cc2ccc(OCc3cccc(C)c3)c(OC)c2)SC1=S. The first kappa shape index (κ1) is 19.5. The molecule has 0 aliphatic carbocycles. The normalized spacial score (nSPS) is 15.5. The van der Waals surface area contributed by atoms with E-state index in [1.807, 2.05) is 43.3 Å². The summed E-state index contributed by atoms with van der Waals surface area (Å²) in [4.78, 5) is 14.6. The van der Waals surface area contributed by atoms with Gasteiger partial charge in [-0.25, -0.2) is 0 Å². The van der Waals surface area contributed by atoms with Crippen LogP contribution in [0, 0.1) is 6.92 Å². The molecule has 0 unspecified atom stereocenters. The molecule has 0 atom stereocenters. The summed E-state index contributed by atoms with van der Waals surface area (Å²) in [5.41, 5.74) is 3.17. The Morgan fingerprint density at radius 2 is 2.00 bits per heavy atom. The van der Waals surface area contributed by atoms with Crippen molar-refractivity contribution in [1.82, 2.24) is 4.90 Å². The molecule has 3 rings (SSSR count). The lowest BCUT2D eigenvalue weighted by Gasteiger charge is -2.12. The van der Waals surface area contributed by atoms with Gasteiger partial charge in [0.2, 0.25) is 0 Å². The maximum Gasteiger partial charge on any atom is 0.266 e. The minimum absolute atomic E-state index is 0.0498. The van der Waals surface area contributed by atoms with E-state index in [-0.39, 0.29) is 5.91 Å². The van der Waals surface area contributed by atoms with Gasteiger partial charge in [0, 0.05) is 6.54 Å². The highest BCUT2D eigenvalue weighted by molar-refractivity contribution is 8.26. The molecule has 0 aromatic heterocycles. The van der Waals surface area contributed by atoms with Crippen LogP contribution in [0.1, 0.15) is 23.6 Å². The third-order valence-corrected chi connectivity index (χ3v) is 5.53. The maximum atomic E-state index is 12.4. The van der Waals surface area contributed by atoms with E-state index in [1.54, 1.807) is 12.0 Å². The summed E-state index contributed by atoms with van der Waals surface area (Å²) in [6, 6.07) is 13.8. The predicted octanol–water partition coefficient (Wildman–Crippen LogP) is 4.80. The van der Waals surface area contributed by atoms with Crippen LogP contribution >= 0.6 is 24.0 Å². The molecule has 2 aromatic carbocycles. The van der Waals surface area contributed by atoms with Crippen LogP contribution in [-0.2, 0) is 11.4 Å². The van der Waals surface area contributed by atoms with Crippen molar-refractivity contribution in [3.63, 3.8) is 0 Å². The molecule has 1 amide bonds. The molecule has 0 N–H and O–H groups in total. The molecule has 4 nitrogen and oxygen atoms in total. The third kappa shape index (κ3) is 4.51. The molecular weight excluding hydrogens is 378 g/mol. The Morgan fingerprint density at radius 3 is 2.67 bits per heavy atom. The number of rotatable bonds is 6. The van der Waals surface area contributed by atoms with Gasteiger partial charge in [-0.2, -0.15) is 0 Å². The highest BCUT2D eigenvalue weighted by Crippen LogP contribution is 2.34. The highest BCUT2D eigenvalue weighted by atomic mass is 32.2. The highest BCUT2D eigenvalue weighted by Gasteiger charge is 2.30. The molecule has 6 heteroatoms. The molecule has 1 aliphatic heterocycles. The number of amides is 1. The zero-order valence-corrected chi connectivity index (χ0v) is 17.2. The summed E-state index contributed by atoms with van der Waals surface area (Å²) < 4.78 is 12.0. The van der Waals surface area contributed by atoms with Crippen LogP contribution in [0.15, 0.2) is 47.4 Å².